The molecule has 1 aromatic carbocycles. The highest BCUT2D eigenvalue weighted by molar-refractivity contribution is 5.59. The van der Waals surface area contributed by atoms with E-state index in [1.54, 1.807) is 0 Å². The van der Waals surface area contributed by atoms with Gasteiger partial charge in [0.05, 0.1) is 0 Å². The fourth-order valence-electron chi connectivity index (χ4n) is 1.53. The summed E-state index contributed by atoms with van der Waals surface area (Å²) in [6.45, 7) is 3.71. The molecule has 1 atom stereocenters. The molecular weight excluding hydrogens is 174 g/mol. The summed E-state index contributed by atoms with van der Waals surface area (Å²) in [5, 5.41) is 3.76. The van der Waals surface area contributed by atoms with Gasteiger partial charge in [-0.1, -0.05) is 35.5 Å². The van der Waals surface area contributed by atoms with Gasteiger partial charge in [-0.15, -0.1) is 6.58 Å². The molecule has 0 bridgehead atoms. The standard InChI is InChI=1S/C12H13NO/c1-2-3-10-4-6-11(7-5-10)12-8-9-13-14-12/h2,4-7,9,12H,1,3,8H2. The number of hydrogen-bond donors (Lipinski definition) is 0. The summed E-state index contributed by atoms with van der Waals surface area (Å²) in [7, 11) is 0. The van der Waals surface area contributed by atoms with Crippen LogP contribution in [-0.4, -0.2) is 6.21 Å². The number of oxime groups is 1. The lowest BCUT2D eigenvalue weighted by Crippen LogP contribution is -1.95. The molecule has 0 radical (unpaired) electrons. The zero-order chi connectivity index (χ0) is 9.80. The van der Waals surface area contributed by atoms with Crippen LogP contribution in [0.4, 0.5) is 0 Å². The summed E-state index contributed by atoms with van der Waals surface area (Å²) < 4.78 is 0. The Hall–Kier alpha value is -1.57. The van der Waals surface area contributed by atoms with Crippen LogP contribution in [0.2, 0.25) is 0 Å². The second-order valence-corrected chi connectivity index (χ2v) is 3.35. The molecule has 0 saturated heterocycles. The summed E-state index contributed by atoms with van der Waals surface area (Å²) in [4.78, 5) is 5.19. The first-order valence-corrected chi connectivity index (χ1v) is 4.77. The lowest BCUT2D eigenvalue weighted by Gasteiger charge is -2.08. The maximum absolute atomic E-state index is 5.19. The van der Waals surface area contributed by atoms with Gasteiger partial charge in [0.15, 0.2) is 6.10 Å². The molecular formula is C12H13NO. The van der Waals surface area contributed by atoms with Gasteiger partial charge >= 0.3 is 0 Å². The summed E-state index contributed by atoms with van der Waals surface area (Å²) >= 11 is 0. The van der Waals surface area contributed by atoms with Crippen LogP contribution < -0.4 is 0 Å². The molecule has 1 heterocycles. The van der Waals surface area contributed by atoms with Crippen molar-refractivity contribution < 1.29 is 4.84 Å². The molecule has 2 heteroatoms. The van der Waals surface area contributed by atoms with Gasteiger partial charge in [-0.2, -0.15) is 0 Å². The van der Waals surface area contributed by atoms with Crippen LogP contribution >= 0.6 is 0 Å². The summed E-state index contributed by atoms with van der Waals surface area (Å²) in [6.07, 6.45) is 5.63. The van der Waals surface area contributed by atoms with E-state index < -0.39 is 0 Å². The molecule has 1 unspecified atom stereocenters. The van der Waals surface area contributed by atoms with Crippen molar-refractivity contribution in [3.63, 3.8) is 0 Å². The number of allylic oxidation sites excluding steroid dienone is 1. The molecule has 2 nitrogen and oxygen atoms in total. The van der Waals surface area contributed by atoms with Gasteiger partial charge in [0.1, 0.15) is 0 Å². The zero-order valence-electron chi connectivity index (χ0n) is 8.02. The number of rotatable bonds is 3. The molecule has 14 heavy (non-hydrogen) atoms. The Balaban J connectivity index is 2.09. The van der Waals surface area contributed by atoms with Gasteiger partial charge in [0.25, 0.3) is 0 Å². The van der Waals surface area contributed by atoms with E-state index in [9.17, 15) is 0 Å². The molecule has 1 aromatic rings. The predicted octanol–water partition coefficient (Wildman–Crippen LogP) is 2.86. The van der Waals surface area contributed by atoms with Crippen LogP contribution in [0, 0.1) is 0 Å². The number of nitrogens with zero attached hydrogens (tertiary/aromatic N) is 1. The number of benzene rings is 1. The van der Waals surface area contributed by atoms with E-state index in [2.05, 4.69) is 36.0 Å². The minimum absolute atomic E-state index is 0.118. The van der Waals surface area contributed by atoms with Gasteiger partial charge in [-0.05, 0) is 17.5 Å². The first-order valence-electron chi connectivity index (χ1n) is 4.77. The van der Waals surface area contributed by atoms with Crippen molar-refractivity contribution in [3.05, 3.63) is 48.0 Å². The summed E-state index contributed by atoms with van der Waals surface area (Å²) in [5.74, 6) is 0. The third-order valence-electron chi connectivity index (χ3n) is 2.31. The normalized spacial score (nSPS) is 19.3. The largest absolute Gasteiger partial charge is 0.388 e. The highest BCUT2D eigenvalue weighted by Gasteiger charge is 2.15. The van der Waals surface area contributed by atoms with E-state index in [-0.39, 0.29) is 6.10 Å². The molecule has 0 fully saturated rings. The third kappa shape index (κ3) is 1.84. The lowest BCUT2D eigenvalue weighted by molar-refractivity contribution is 0.0858. The van der Waals surface area contributed by atoms with Crippen molar-refractivity contribution in [2.45, 2.75) is 18.9 Å². The smallest absolute Gasteiger partial charge is 0.157 e. The zero-order valence-corrected chi connectivity index (χ0v) is 8.02. The molecule has 0 amide bonds. The van der Waals surface area contributed by atoms with Crippen LogP contribution in [0.15, 0.2) is 42.1 Å². The Kier molecular flexibility index (Phi) is 2.63. The minimum atomic E-state index is 0.118. The van der Waals surface area contributed by atoms with Crippen LogP contribution in [0.25, 0.3) is 0 Å². The average molecular weight is 187 g/mol. The molecule has 2 rings (SSSR count). The Morgan fingerprint density at radius 2 is 2.21 bits per heavy atom. The molecule has 0 aromatic heterocycles. The fraction of sp³-hybridized carbons (Fsp3) is 0.250. The van der Waals surface area contributed by atoms with Crippen molar-refractivity contribution in [2.24, 2.45) is 5.16 Å². The molecule has 0 spiro atoms. The Morgan fingerprint density at radius 1 is 1.43 bits per heavy atom. The second-order valence-electron chi connectivity index (χ2n) is 3.35. The van der Waals surface area contributed by atoms with E-state index in [1.165, 1.54) is 11.1 Å². The average Bonchev–Trinajstić information content (AvgIpc) is 2.72. The highest BCUT2D eigenvalue weighted by Crippen LogP contribution is 2.24. The van der Waals surface area contributed by atoms with Gasteiger partial charge in [0, 0.05) is 12.6 Å². The molecule has 72 valence electrons. The van der Waals surface area contributed by atoms with Crippen molar-refractivity contribution in [2.75, 3.05) is 0 Å². The Bertz CT molecular complexity index is 332. The second kappa shape index (κ2) is 4.09. The fourth-order valence-corrected chi connectivity index (χ4v) is 1.53. The molecule has 0 N–H and O–H groups in total. The maximum atomic E-state index is 5.19. The van der Waals surface area contributed by atoms with E-state index in [4.69, 9.17) is 4.84 Å². The van der Waals surface area contributed by atoms with Crippen molar-refractivity contribution in [3.8, 4) is 0 Å². The summed E-state index contributed by atoms with van der Waals surface area (Å²) in [6, 6.07) is 8.41. The minimum Gasteiger partial charge on any atom is -0.388 e. The summed E-state index contributed by atoms with van der Waals surface area (Å²) in [5.41, 5.74) is 2.47. The first-order chi connectivity index (χ1) is 6.90. The van der Waals surface area contributed by atoms with Crippen molar-refractivity contribution >= 4 is 6.21 Å². The van der Waals surface area contributed by atoms with Crippen LogP contribution in [0.1, 0.15) is 23.7 Å². The first kappa shape index (κ1) is 9.00. The monoisotopic (exact) mass is 187 g/mol. The van der Waals surface area contributed by atoms with Crippen LogP contribution in [-0.2, 0) is 11.3 Å². The third-order valence-corrected chi connectivity index (χ3v) is 2.31. The van der Waals surface area contributed by atoms with Gasteiger partial charge < -0.3 is 4.84 Å². The van der Waals surface area contributed by atoms with Crippen molar-refractivity contribution in [1.82, 2.24) is 0 Å². The molecule has 1 aliphatic heterocycles. The van der Waals surface area contributed by atoms with E-state index >= 15 is 0 Å². The Morgan fingerprint density at radius 3 is 2.79 bits per heavy atom. The molecule has 1 aliphatic rings. The predicted molar refractivity (Wildman–Crippen MR) is 57.3 cm³/mol. The Labute approximate surface area is 83.9 Å². The molecule has 0 saturated carbocycles. The van der Waals surface area contributed by atoms with Crippen LogP contribution in [0.5, 0.6) is 0 Å². The highest BCUT2D eigenvalue weighted by atomic mass is 16.6. The van der Waals surface area contributed by atoms with E-state index in [0.717, 1.165) is 12.8 Å². The van der Waals surface area contributed by atoms with Gasteiger partial charge in [-0.3, -0.25) is 0 Å². The van der Waals surface area contributed by atoms with E-state index in [1.807, 2.05) is 12.3 Å². The number of hydrogen-bond acceptors (Lipinski definition) is 2. The SMILES string of the molecule is C=CCc1ccc(C2CC=NO2)cc1. The van der Waals surface area contributed by atoms with Gasteiger partial charge in [-0.25, -0.2) is 0 Å². The lowest BCUT2D eigenvalue weighted by atomic mass is 10.0. The van der Waals surface area contributed by atoms with E-state index in [0.29, 0.717) is 0 Å². The van der Waals surface area contributed by atoms with Crippen LogP contribution in [0.3, 0.4) is 0 Å². The van der Waals surface area contributed by atoms with Gasteiger partial charge in [0.2, 0.25) is 0 Å². The van der Waals surface area contributed by atoms with Crippen molar-refractivity contribution in [1.29, 1.82) is 0 Å². The molecule has 0 aliphatic carbocycles. The maximum Gasteiger partial charge on any atom is 0.157 e. The topological polar surface area (TPSA) is 21.6 Å². The quantitative estimate of drug-likeness (QED) is 0.667.